The molecule has 2 unspecified atom stereocenters. The molecule has 1 aromatic rings. The molecular weight excluding hydrogens is 320 g/mol. The smallest absolute Gasteiger partial charge is 0.226 e. The van der Waals surface area contributed by atoms with Gasteiger partial charge in [-0.3, -0.25) is 0 Å². The van der Waals surface area contributed by atoms with Gasteiger partial charge in [0, 0.05) is 11.8 Å². The van der Waals surface area contributed by atoms with Crippen LogP contribution in [0.1, 0.15) is 23.6 Å². The number of rotatable bonds is 0. The third kappa shape index (κ3) is 2.52. The average Bonchev–Trinajstić information content (AvgIpc) is 2.64. The molecule has 0 heterocycles. The highest BCUT2D eigenvalue weighted by Crippen LogP contribution is 2.51. The number of nitriles is 2. The van der Waals surface area contributed by atoms with Crippen molar-refractivity contribution in [2.24, 2.45) is 11.8 Å². The Bertz CT molecular complexity index is 1070. The van der Waals surface area contributed by atoms with E-state index in [-0.39, 0.29) is 23.2 Å². The Hall–Kier alpha value is -3.86. The van der Waals surface area contributed by atoms with Crippen LogP contribution in [-0.2, 0) is 0 Å². The van der Waals surface area contributed by atoms with Crippen LogP contribution in [-0.4, -0.2) is 0 Å². The van der Waals surface area contributed by atoms with Crippen molar-refractivity contribution >= 4 is 11.1 Å². The van der Waals surface area contributed by atoms with Crippen molar-refractivity contribution < 1.29 is 0 Å². The summed E-state index contributed by atoms with van der Waals surface area (Å²) >= 11 is 0. The predicted octanol–water partition coefficient (Wildman–Crippen LogP) is 5.07. The third-order valence-electron chi connectivity index (χ3n) is 4.76. The average molecular weight is 334 g/mol. The van der Waals surface area contributed by atoms with Crippen molar-refractivity contribution in [1.29, 1.82) is 10.5 Å². The molecule has 122 valence electrons. The minimum atomic E-state index is -0.238. The van der Waals surface area contributed by atoms with Gasteiger partial charge in [-0.25, -0.2) is 20.2 Å². The van der Waals surface area contributed by atoms with Crippen LogP contribution in [0.15, 0.2) is 53.4 Å². The van der Waals surface area contributed by atoms with Gasteiger partial charge in [0.2, 0.25) is 0 Å². The van der Waals surface area contributed by atoms with Crippen LogP contribution >= 0.6 is 0 Å². The minimum Gasteiger partial charge on any atom is -0.226 e. The van der Waals surface area contributed by atoms with E-state index in [0.717, 1.165) is 22.3 Å². The van der Waals surface area contributed by atoms with Crippen LogP contribution in [0.4, 0.5) is 0 Å². The summed E-state index contributed by atoms with van der Waals surface area (Å²) in [6.45, 7) is 18.8. The molecule has 0 radical (unpaired) electrons. The molecule has 0 amide bonds. The number of allylic oxidation sites excluding steroid dienone is 8. The number of hydrogen-bond donors (Lipinski definition) is 0. The molecule has 0 saturated heterocycles. The van der Waals surface area contributed by atoms with Gasteiger partial charge >= 0.3 is 0 Å². The van der Waals surface area contributed by atoms with Crippen molar-refractivity contribution in [3.8, 4) is 12.1 Å². The summed E-state index contributed by atoms with van der Waals surface area (Å²) in [6.07, 6.45) is 5.95. The molecule has 2 aliphatic carbocycles. The summed E-state index contributed by atoms with van der Waals surface area (Å²) in [4.78, 5) is 6.90. The molecule has 0 aromatic heterocycles. The number of fused-ring (bicyclic) bond motifs is 2. The lowest BCUT2D eigenvalue weighted by atomic mass is 9.66. The van der Waals surface area contributed by atoms with Crippen LogP contribution in [0, 0.1) is 54.6 Å². The number of nitrogens with zero attached hydrogens (tertiary/aromatic N) is 4. The second-order valence-corrected chi connectivity index (χ2v) is 6.34. The zero-order chi connectivity index (χ0) is 18.8. The van der Waals surface area contributed by atoms with Crippen molar-refractivity contribution in [3.05, 3.63) is 92.9 Å². The fraction of sp³-hybridized carbons (Fsp3) is 0.182. The predicted molar refractivity (Wildman–Crippen MR) is 99.3 cm³/mol. The maximum Gasteiger partial charge on any atom is 0.266 e. The van der Waals surface area contributed by atoms with Crippen molar-refractivity contribution in [2.75, 3.05) is 0 Å². The van der Waals surface area contributed by atoms with Gasteiger partial charge in [0.1, 0.15) is 0 Å². The highest BCUT2D eigenvalue weighted by molar-refractivity contribution is 5.93. The Kier molecular flexibility index (Phi) is 4.29. The van der Waals surface area contributed by atoms with E-state index in [0.29, 0.717) is 11.1 Å². The van der Waals surface area contributed by atoms with Gasteiger partial charge in [-0.1, -0.05) is 47.6 Å². The fourth-order valence-corrected chi connectivity index (χ4v) is 3.69. The summed E-state index contributed by atoms with van der Waals surface area (Å²) in [5.74, 6) is -0.476. The van der Waals surface area contributed by atoms with Crippen LogP contribution < -0.4 is 0 Å². The normalized spacial score (nSPS) is 23.8. The lowest BCUT2D eigenvalue weighted by molar-refractivity contribution is 0.679. The van der Waals surface area contributed by atoms with Crippen LogP contribution in [0.2, 0.25) is 0 Å². The van der Waals surface area contributed by atoms with Crippen LogP contribution in [0.5, 0.6) is 0 Å². The summed E-state index contributed by atoms with van der Waals surface area (Å²) < 4.78 is 0. The monoisotopic (exact) mass is 334 g/mol. The highest BCUT2D eigenvalue weighted by atomic mass is 14.7. The number of hydrogen-bond acceptors (Lipinski definition) is 2. The molecule has 0 spiro atoms. The van der Waals surface area contributed by atoms with Crippen LogP contribution in [0.25, 0.3) is 20.8 Å². The van der Waals surface area contributed by atoms with E-state index in [2.05, 4.69) is 9.69 Å². The second kappa shape index (κ2) is 6.57. The van der Waals surface area contributed by atoms with Gasteiger partial charge in [-0.15, -0.1) is 0 Å². The molecule has 2 atom stereocenters. The molecule has 0 fully saturated rings. The van der Waals surface area contributed by atoms with Gasteiger partial charge < -0.3 is 0 Å². The van der Waals surface area contributed by atoms with E-state index < -0.39 is 0 Å². The first-order chi connectivity index (χ1) is 12.5. The summed E-state index contributed by atoms with van der Waals surface area (Å²) in [6, 6.07) is 9.80. The Morgan fingerprint density at radius 1 is 0.962 bits per heavy atom. The Labute approximate surface area is 152 Å². The van der Waals surface area contributed by atoms with Crippen molar-refractivity contribution in [3.63, 3.8) is 0 Å². The molecule has 1 aromatic carbocycles. The summed E-state index contributed by atoms with van der Waals surface area (Å²) in [5, 5.41) is 19.0. The second-order valence-electron chi connectivity index (χ2n) is 6.34. The summed E-state index contributed by atoms with van der Waals surface area (Å²) in [7, 11) is 0. The Balaban J connectivity index is 2.51. The quantitative estimate of drug-likeness (QED) is 0.491. The molecule has 0 saturated carbocycles. The first kappa shape index (κ1) is 17.0. The third-order valence-corrected chi connectivity index (χ3v) is 4.76. The standard InChI is InChI=1S/C22H14N4/c1-13-5-7-15-17(9-13)22(20(12-24)26-4)18-10-14(2)6-8-16(18)21(15)19(11-23)25-3/h5-10,15,17H,1-2H3/b21-19-,22-20-. The molecule has 3 rings (SSSR count). The number of aryl methyl sites for hydroxylation is 1. The Morgan fingerprint density at radius 2 is 1.58 bits per heavy atom. The molecule has 4 nitrogen and oxygen atoms in total. The zero-order valence-electron chi connectivity index (χ0n) is 14.4. The topological polar surface area (TPSA) is 56.3 Å². The molecule has 0 N–H and O–H groups in total. The van der Waals surface area contributed by atoms with Gasteiger partial charge in [0.15, 0.2) is 0 Å². The van der Waals surface area contributed by atoms with E-state index in [1.807, 2.05) is 62.4 Å². The van der Waals surface area contributed by atoms with Gasteiger partial charge in [-0.05, 0) is 36.1 Å². The van der Waals surface area contributed by atoms with E-state index >= 15 is 0 Å². The minimum absolute atomic E-state index is 0.0584. The maximum atomic E-state index is 9.52. The SMILES string of the molecule is [C-]#[N+]/C(C#N)=C1\c2ccc(C)cc2/C(=C(/C#N)[N+]#[C-])C2C=C(C)C=CC12. The van der Waals surface area contributed by atoms with E-state index in [9.17, 15) is 10.5 Å². The van der Waals surface area contributed by atoms with E-state index in [1.54, 1.807) is 0 Å². The summed E-state index contributed by atoms with van der Waals surface area (Å²) in [5.41, 5.74) is 5.03. The van der Waals surface area contributed by atoms with Crippen molar-refractivity contribution in [2.45, 2.75) is 13.8 Å². The Morgan fingerprint density at radius 3 is 2.15 bits per heavy atom. The molecule has 0 aliphatic heterocycles. The van der Waals surface area contributed by atoms with Gasteiger partial charge in [-0.2, -0.15) is 0 Å². The van der Waals surface area contributed by atoms with Crippen molar-refractivity contribution in [1.82, 2.24) is 0 Å². The van der Waals surface area contributed by atoms with E-state index in [1.165, 1.54) is 0 Å². The molecule has 26 heavy (non-hydrogen) atoms. The zero-order valence-corrected chi connectivity index (χ0v) is 14.4. The first-order valence-corrected chi connectivity index (χ1v) is 8.07. The lowest BCUT2D eigenvalue weighted by Crippen LogP contribution is -2.24. The van der Waals surface area contributed by atoms with Gasteiger partial charge in [0.25, 0.3) is 11.4 Å². The molecule has 2 aliphatic rings. The number of benzene rings is 1. The maximum absolute atomic E-state index is 9.52. The molecule has 0 bridgehead atoms. The fourth-order valence-electron chi connectivity index (χ4n) is 3.69. The first-order valence-electron chi connectivity index (χ1n) is 8.07. The largest absolute Gasteiger partial charge is 0.266 e. The van der Waals surface area contributed by atoms with Crippen LogP contribution in [0.3, 0.4) is 0 Å². The van der Waals surface area contributed by atoms with E-state index in [4.69, 9.17) is 13.1 Å². The lowest BCUT2D eigenvalue weighted by Gasteiger charge is -2.37. The highest BCUT2D eigenvalue weighted by Gasteiger charge is 2.38. The molecule has 4 heteroatoms. The molecular formula is C22H14N4. The van der Waals surface area contributed by atoms with Gasteiger partial charge in [0.05, 0.1) is 25.3 Å².